The zero-order chi connectivity index (χ0) is 15.7. The molecule has 0 aliphatic heterocycles. The molecule has 112 valence electrons. The fourth-order valence-electron chi connectivity index (χ4n) is 2.14. The Kier molecular flexibility index (Phi) is 3.78. The van der Waals surface area contributed by atoms with Crippen molar-refractivity contribution in [1.82, 2.24) is 10.2 Å². The maximum atomic E-state index is 12.8. The van der Waals surface area contributed by atoms with Crippen molar-refractivity contribution in [3.05, 3.63) is 64.6 Å². The zero-order valence-corrected chi connectivity index (χ0v) is 12.7. The van der Waals surface area contributed by atoms with E-state index in [1.807, 2.05) is 24.3 Å². The number of H-pyrrole nitrogens is 1. The van der Waals surface area contributed by atoms with Gasteiger partial charge in [0.15, 0.2) is 0 Å². The van der Waals surface area contributed by atoms with Crippen LogP contribution in [0.2, 0.25) is 0 Å². The van der Waals surface area contributed by atoms with E-state index in [0.717, 1.165) is 27.9 Å². The monoisotopic (exact) mass is 366 g/mol. The molecule has 2 aromatic carbocycles. The van der Waals surface area contributed by atoms with Crippen molar-refractivity contribution in [2.75, 3.05) is 0 Å². The Morgan fingerprint density at radius 2 is 1.73 bits per heavy atom. The molecule has 3 rings (SSSR count). The van der Waals surface area contributed by atoms with Gasteiger partial charge in [0.25, 0.3) is 0 Å². The summed E-state index contributed by atoms with van der Waals surface area (Å²) in [7, 11) is 0. The molecule has 22 heavy (non-hydrogen) atoms. The molecule has 1 N–H and O–H groups in total. The van der Waals surface area contributed by atoms with Crippen LogP contribution < -0.4 is 0 Å². The quantitative estimate of drug-likeness (QED) is 0.634. The van der Waals surface area contributed by atoms with Crippen molar-refractivity contribution >= 4 is 15.9 Å². The first kappa shape index (κ1) is 14.8. The van der Waals surface area contributed by atoms with Crippen LogP contribution in [0.1, 0.15) is 5.56 Å². The van der Waals surface area contributed by atoms with Gasteiger partial charge in [-0.3, -0.25) is 5.10 Å². The van der Waals surface area contributed by atoms with Gasteiger partial charge in [0.1, 0.15) is 0 Å². The average Bonchev–Trinajstić information content (AvgIpc) is 2.97. The standard InChI is InChI=1S/C16H10BrF3N2/c17-13-7-2-1-6-12(13)15-9-14(21-22-15)10-4-3-5-11(8-10)16(18,19)20/h1-9H,(H,21,22). The molecule has 0 fully saturated rings. The van der Waals surface area contributed by atoms with E-state index in [4.69, 9.17) is 0 Å². The van der Waals surface area contributed by atoms with Crippen LogP contribution in [0.15, 0.2) is 59.1 Å². The lowest BCUT2D eigenvalue weighted by Crippen LogP contribution is -2.04. The molecule has 0 amide bonds. The summed E-state index contributed by atoms with van der Waals surface area (Å²) in [6.07, 6.45) is -4.36. The number of nitrogens with zero attached hydrogens (tertiary/aromatic N) is 1. The van der Waals surface area contributed by atoms with E-state index in [1.54, 1.807) is 12.1 Å². The molecule has 2 nitrogen and oxygen atoms in total. The lowest BCUT2D eigenvalue weighted by atomic mass is 10.1. The SMILES string of the molecule is FC(F)(F)c1cccc(-c2cc(-c3ccccc3Br)[nH]n2)c1. The molecular formula is C16H10BrF3N2. The minimum Gasteiger partial charge on any atom is -0.277 e. The van der Waals surface area contributed by atoms with Crippen molar-refractivity contribution in [3.8, 4) is 22.5 Å². The molecular weight excluding hydrogens is 357 g/mol. The van der Waals surface area contributed by atoms with E-state index >= 15 is 0 Å². The van der Waals surface area contributed by atoms with E-state index in [-0.39, 0.29) is 0 Å². The second kappa shape index (κ2) is 5.61. The molecule has 3 aromatic rings. The zero-order valence-electron chi connectivity index (χ0n) is 11.2. The van der Waals surface area contributed by atoms with Crippen LogP contribution in [0.25, 0.3) is 22.5 Å². The van der Waals surface area contributed by atoms with Crippen LogP contribution in [-0.4, -0.2) is 10.2 Å². The summed E-state index contributed by atoms with van der Waals surface area (Å²) in [6, 6.07) is 14.4. The summed E-state index contributed by atoms with van der Waals surface area (Å²) in [5.41, 5.74) is 1.84. The third kappa shape index (κ3) is 2.92. The number of rotatable bonds is 2. The molecule has 0 bridgehead atoms. The lowest BCUT2D eigenvalue weighted by molar-refractivity contribution is -0.137. The number of benzene rings is 2. The second-order valence-corrected chi connectivity index (χ2v) is 5.58. The number of alkyl halides is 3. The smallest absolute Gasteiger partial charge is 0.277 e. The molecule has 0 saturated carbocycles. The molecule has 0 atom stereocenters. The first-order valence-corrected chi connectivity index (χ1v) is 7.22. The maximum Gasteiger partial charge on any atom is 0.416 e. The summed E-state index contributed by atoms with van der Waals surface area (Å²) in [4.78, 5) is 0. The van der Waals surface area contributed by atoms with Crippen LogP contribution in [0, 0.1) is 0 Å². The Hall–Kier alpha value is -2.08. The largest absolute Gasteiger partial charge is 0.416 e. The third-order valence-corrected chi connectivity index (χ3v) is 3.92. The van der Waals surface area contributed by atoms with Crippen molar-refractivity contribution in [2.45, 2.75) is 6.18 Å². The molecule has 0 saturated heterocycles. The predicted molar refractivity (Wildman–Crippen MR) is 82.2 cm³/mol. The number of hydrogen-bond donors (Lipinski definition) is 1. The number of nitrogens with one attached hydrogen (secondary N) is 1. The molecule has 1 aromatic heterocycles. The van der Waals surface area contributed by atoms with Gasteiger partial charge in [-0.2, -0.15) is 18.3 Å². The van der Waals surface area contributed by atoms with Crippen LogP contribution in [0.3, 0.4) is 0 Å². The van der Waals surface area contributed by atoms with Gasteiger partial charge in [-0.25, -0.2) is 0 Å². The Morgan fingerprint density at radius 1 is 0.955 bits per heavy atom. The average molecular weight is 367 g/mol. The van der Waals surface area contributed by atoms with Gasteiger partial charge in [0.05, 0.1) is 17.0 Å². The van der Waals surface area contributed by atoms with E-state index in [0.29, 0.717) is 11.3 Å². The van der Waals surface area contributed by atoms with Gasteiger partial charge in [-0.15, -0.1) is 0 Å². The van der Waals surface area contributed by atoms with Gasteiger partial charge < -0.3 is 0 Å². The van der Waals surface area contributed by atoms with Crippen molar-refractivity contribution in [2.24, 2.45) is 0 Å². The minimum atomic E-state index is -4.36. The molecule has 0 radical (unpaired) electrons. The number of aromatic nitrogens is 2. The topological polar surface area (TPSA) is 28.7 Å². The fraction of sp³-hybridized carbons (Fsp3) is 0.0625. The molecule has 6 heteroatoms. The van der Waals surface area contributed by atoms with Gasteiger partial charge in [0, 0.05) is 15.6 Å². The minimum absolute atomic E-state index is 0.421. The Labute approximate surface area is 133 Å². The van der Waals surface area contributed by atoms with Gasteiger partial charge in [0.2, 0.25) is 0 Å². The summed E-state index contributed by atoms with van der Waals surface area (Å²) in [6.45, 7) is 0. The van der Waals surface area contributed by atoms with E-state index in [2.05, 4.69) is 26.1 Å². The summed E-state index contributed by atoms with van der Waals surface area (Å²) in [5, 5.41) is 6.97. The molecule has 0 aliphatic rings. The normalized spacial score (nSPS) is 11.6. The molecule has 1 heterocycles. The Morgan fingerprint density at radius 3 is 2.45 bits per heavy atom. The molecule has 0 aliphatic carbocycles. The summed E-state index contributed by atoms with van der Waals surface area (Å²) in [5.74, 6) is 0. The Balaban J connectivity index is 2.00. The van der Waals surface area contributed by atoms with E-state index < -0.39 is 11.7 Å². The first-order valence-electron chi connectivity index (χ1n) is 6.43. The van der Waals surface area contributed by atoms with Crippen LogP contribution in [0.4, 0.5) is 13.2 Å². The number of aromatic amines is 1. The predicted octanol–water partition coefficient (Wildman–Crippen LogP) is 5.53. The third-order valence-electron chi connectivity index (χ3n) is 3.23. The fourth-order valence-corrected chi connectivity index (χ4v) is 2.64. The molecule has 0 spiro atoms. The van der Waals surface area contributed by atoms with Gasteiger partial charge in [-0.05, 0) is 24.3 Å². The van der Waals surface area contributed by atoms with E-state index in [1.165, 1.54) is 6.07 Å². The van der Waals surface area contributed by atoms with Gasteiger partial charge in [-0.1, -0.05) is 46.3 Å². The number of hydrogen-bond acceptors (Lipinski definition) is 1. The van der Waals surface area contributed by atoms with Crippen LogP contribution >= 0.6 is 15.9 Å². The van der Waals surface area contributed by atoms with E-state index in [9.17, 15) is 13.2 Å². The highest BCUT2D eigenvalue weighted by Gasteiger charge is 2.30. The summed E-state index contributed by atoms with van der Waals surface area (Å²) >= 11 is 3.44. The number of halogens is 4. The maximum absolute atomic E-state index is 12.8. The van der Waals surface area contributed by atoms with Crippen LogP contribution in [-0.2, 0) is 6.18 Å². The molecule has 0 unspecified atom stereocenters. The lowest BCUT2D eigenvalue weighted by Gasteiger charge is -2.07. The highest BCUT2D eigenvalue weighted by Crippen LogP contribution is 2.33. The Bertz CT molecular complexity index is 809. The van der Waals surface area contributed by atoms with Gasteiger partial charge >= 0.3 is 6.18 Å². The highest BCUT2D eigenvalue weighted by molar-refractivity contribution is 9.10. The van der Waals surface area contributed by atoms with Crippen molar-refractivity contribution in [1.29, 1.82) is 0 Å². The summed E-state index contributed by atoms with van der Waals surface area (Å²) < 4.78 is 39.2. The first-order chi connectivity index (χ1) is 10.4. The van der Waals surface area contributed by atoms with Crippen molar-refractivity contribution in [3.63, 3.8) is 0 Å². The highest BCUT2D eigenvalue weighted by atomic mass is 79.9. The second-order valence-electron chi connectivity index (χ2n) is 4.73. The van der Waals surface area contributed by atoms with Crippen LogP contribution in [0.5, 0.6) is 0 Å². The van der Waals surface area contributed by atoms with Crippen molar-refractivity contribution < 1.29 is 13.2 Å².